The van der Waals surface area contributed by atoms with Gasteiger partial charge in [-0.3, -0.25) is 9.48 Å². The zero-order valence-electron chi connectivity index (χ0n) is 11.2. The van der Waals surface area contributed by atoms with Gasteiger partial charge < -0.3 is 0 Å². The highest BCUT2D eigenvalue weighted by atomic mass is 19.2. The molecule has 0 bridgehead atoms. The molecular formula is C15H14F2N2O. The third-order valence-electron chi connectivity index (χ3n) is 2.79. The number of halogens is 2. The molecule has 1 aromatic carbocycles. The molecule has 1 heterocycles. The number of hydrogen-bond acceptors (Lipinski definition) is 2. The van der Waals surface area contributed by atoms with E-state index < -0.39 is 11.6 Å². The Morgan fingerprint density at radius 2 is 2.05 bits per heavy atom. The van der Waals surface area contributed by atoms with Crippen LogP contribution < -0.4 is 0 Å². The van der Waals surface area contributed by atoms with Gasteiger partial charge in [0.25, 0.3) is 0 Å². The van der Waals surface area contributed by atoms with Gasteiger partial charge in [-0.1, -0.05) is 12.1 Å². The molecular weight excluding hydrogens is 262 g/mol. The van der Waals surface area contributed by atoms with Gasteiger partial charge in [0.1, 0.15) is 0 Å². The Balaban J connectivity index is 2.13. The first-order valence-corrected chi connectivity index (χ1v) is 6.19. The SMILES string of the molecule is CC(C)n1cc(C(=O)C=Cc2ccc(F)c(F)c2)cn1. The van der Waals surface area contributed by atoms with Crippen LogP contribution in [-0.2, 0) is 0 Å². The number of carbonyl (C=O) groups is 1. The Labute approximate surface area is 115 Å². The minimum absolute atomic E-state index is 0.173. The lowest BCUT2D eigenvalue weighted by atomic mass is 10.1. The van der Waals surface area contributed by atoms with E-state index in [-0.39, 0.29) is 11.8 Å². The van der Waals surface area contributed by atoms with Gasteiger partial charge >= 0.3 is 0 Å². The molecule has 0 aliphatic carbocycles. The zero-order chi connectivity index (χ0) is 14.7. The van der Waals surface area contributed by atoms with Crippen LogP contribution in [0, 0.1) is 11.6 Å². The highest BCUT2D eigenvalue weighted by Crippen LogP contribution is 2.11. The molecule has 0 amide bonds. The second-order valence-electron chi connectivity index (χ2n) is 4.67. The summed E-state index contributed by atoms with van der Waals surface area (Å²) in [5.74, 6) is -2.08. The monoisotopic (exact) mass is 276 g/mol. The number of aromatic nitrogens is 2. The number of ketones is 1. The van der Waals surface area contributed by atoms with Gasteiger partial charge in [-0.15, -0.1) is 0 Å². The fourth-order valence-electron chi connectivity index (χ4n) is 1.63. The first-order valence-electron chi connectivity index (χ1n) is 6.19. The van der Waals surface area contributed by atoms with Crippen molar-refractivity contribution in [2.45, 2.75) is 19.9 Å². The van der Waals surface area contributed by atoms with E-state index in [1.54, 1.807) is 10.9 Å². The smallest absolute Gasteiger partial charge is 0.189 e. The molecule has 0 atom stereocenters. The fourth-order valence-corrected chi connectivity index (χ4v) is 1.63. The molecule has 1 aromatic heterocycles. The van der Waals surface area contributed by atoms with E-state index in [2.05, 4.69) is 5.10 Å². The molecule has 0 saturated heterocycles. The van der Waals surface area contributed by atoms with Crippen molar-refractivity contribution in [3.63, 3.8) is 0 Å². The third kappa shape index (κ3) is 3.17. The normalized spacial score (nSPS) is 11.4. The predicted molar refractivity (Wildman–Crippen MR) is 72.3 cm³/mol. The standard InChI is InChI=1S/C15H14F2N2O/c1-10(2)19-9-12(8-18-19)15(20)6-4-11-3-5-13(16)14(17)7-11/h3-10H,1-2H3. The van der Waals surface area contributed by atoms with Crippen molar-refractivity contribution in [1.29, 1.82) is 0 Å². The fraction of sp³-hybridized carbons (Fsp3) is 0.200. The van der Waals surface area contributed by atoms with Crippen molar-refractivity contribution in [1.82, 2.24) is 9.78 Å². The molecule has 3 nitrogen and oxygen atoms in total. The summed E-state index contributed by atoms with van der Waals surface area (Å²) in [4.78, 5) is 11.9. The van der Waals surface area contributed by atoms with Gasteiger partial charge in [-0.05, 0) is 37.6 Å². The molecule has 2 aromatic rings. The van der Waals surface area contributed by atoms with E-state index in [1.807, 2.05) is 13.8 Å². The zero-order valence-corrected chi connectivity index (χ0v) is 11.2. The van der Waals surface area contributed by atoms with Crippen molar-refractivity contribution in [2.75, 3.05) is 0 Å². The van der Waals surface area contributed by atoms with E-state index in [9.17, 15) is 13.6 Å². The molecule has 5 heteroatoms. The number of carbonyl (C=O) groups excluding carboxylic acids is 1. The summed E-state index contributed by atoms with van der Waals surface area (Å²) in [6.07, 6.45) is 5.90. The van der Waals surface area contributed by atoms with Crippen LogP contribution in [0.3, 0.4) is 0 Å². The summed E-state index contributed by atoms with van der Waals surface area (Å²) in [6.45, 7) is 3.91. The third-order valence-corrected chi connectivity index (χ3v) is 2.79. The van der Waals surface area contributed by atoms with Crippen LogP contribution in [0.15, 0.2) is 36.7 Å². The van der Waals surface area contributed by atoms with Gasteiger partial charge in [-0.2, -0.15) is 5.10 Å². The summed E-state index contributed by atoms with van der Waals surface area (Å²) >= 11 is 0. The molecule has 2 rings (SSSR count). The molecule has 0 saturated carbocycles. The van der Waals surface area contributed by atoms with Crippen LogP contribution in [0.2, 0.25) is 0 Å². The second-order valence-corrected chi connectivity index (χ2v) is 4.67. The quantitative estimate of drug-likeness (QED) is 0.631. The molecule has 0 unspecified atom stereocenters. The molecule has 0 aliphatic rings. The maximum atomic E-state index is 13.0. The van der Waals surface area contributed by atoms with E-state index in [0.29, 0.717) is 11.1 Å². The Morgan fingerprint density at radius 1 is 1.30 bits per heavy atom. The number of rotatable bonds is 4. The van der Waals surface area contributed by atoms with Crippen LogP contribution in [0.4, 0.5) is 8.78 Å². The highest BCUT2D eigenvalue weighted by Gasteiger charge is 2.07. The molecule has 0 aliphatic heterocycles. The summed E-state index contributed by atoms with van der Waals surface area (Å²) < 4.78 is 27.5. The van der Waals surface area contributed by atoms with E-state index in [1.165, 1.54) is 24.4 Å². The molecule has 104 valence electrons. The van der Waals surface area contributed by atoms with E-state index in [4.69, 9.17) is 0 Å². The van der Waals surface area contributed by atoms with E-state index >= 15 is 0 Å². The molecule has 0 N–H and O–H groups in total. The number of hydrogen-bond donors (Lipinski definition) is 0. The van der Waals surface area contributed by atoms with Crippen LogP contribution >= 0.6 is 0 Å². The summed E-state index contributed by atoms with van der Waals surface area (Å²) in [5, 5.41) is 4.07. The van der Waals surface area contributed by atoms with Crippen molar-refractivity contribution >= 4 is 11.9 Å². The van der Waals surface area contributed by atoms with Crippen molar-refractivity contribution in [2.24, 2.45) is 0 Å². The second kappa shape index (κ2) is 5.77. The van der Waals surface area contributed by atoms with Gasteiger partial charge in [-0.25, -0.2) is 8.78 Å². The molecule has 0 fully saturated rings. The first-order chi connectivity index (χ1) is 9.47. The lowest BCUT2D eigenvalue weighted by molar-refractivity contribution is 0.104. The number of benzene rings is 1. The lowest BCUT2D eigenvalue weighted by Gasteiger charge is -2.02. The Bertz CT molecular complexity index is 660. The molecule has 0 spiro atoms. The Kier molecular flexibility index (Phi) is 4.08. The lowest BCUT2D eigenvalue weighted by Crippen LogP contribution is -2.00. The minimum Gasteiger partial charge on any atom is -0.289 e. The average Bonchev–Trinajstić information content (AvgIpc) is 2.89. The maximum absolute atomic E-state index is 13.0. The molecule has 0 radical (unpaired) electrons. The number of nitrogens with zero attached hydrogens (tertiary/aromatic N) is 2. The minimum atomic E-state index is -0.938. The van der Waals surface area contributed by atoms with Gasteiger partial charge in [0, 0.05) is 12.2 Å². The van der Waals surface area contributed by atoms with Crippen molar-refractivity contribution < 1.29 is 13.6 Å². The number of allylic oxidation sites excluding steroid dienone is 1. The maximum Gasteiger partial charge on any atom is 0.189 e. The van der Waals surface area contributed by atoms with Crippen LogP contribution in [0.25, 0.3) is 6.08 Å². The van der Waals surface area contributed by atoms with Gasteiger partial charge in [0.05, 0.1) is 11.8 Å². The van der Waals surface area contributed by atoms with Crippen molar-refractivity contribution in [3.8, 4) is 0 Å². The molecule has 20 heavy (non-hydrogen) atoms. The van der Waals surface area contributed by atoms with Crippen LogP contribution in [-0.4, -0.2) is 15.6 Å². The van der Waals surface area contributed by atoms with Crippen LogP contribution in [0.1, 0.15) is 35.8 Å². The topological polar surface area (TPSA) is 34.9 Å². The van der Waals surface area contributed by atoms with Gasteiger partial charge in [0.15, 0.2) is 17.4 Å². The van der Waals surface area contributed by atoms with E-state index in [0.717, 1.165) is 12.1 Å². The first kappa shape index (κ1) is 14.1. The van der Waals surface area contributed by atoms with Crippen molar-refractivity contribution in [3.05, 3.63) is 59.4 Å². The van der Waals surface area contributed by atoms with Crippen LogP contribution in [0.5, 0.6) is 0 Å². The Hall–Kier alpha value is -2.30. The highest BCUT2D eigenvalue weighted by molar-refractivity contribution is 6.06. The summed E-state index contributed by atoms with van der Waals surface area (Å²) in [5.41, 5.74) is 0.881. The van der Waals surface area contributed by atoms with Gasteiger partial charge in [0.2, 0.25) is 0 Å². The average molecular weight is 276 g/mol. The summed E-state index contributed by atoms with van der Waals surface area (Å²) in [7, 11) is 0. The predicted octanol–water partition coefficient (Wildman–Crippen LogP) is 3.64. The largest absolute Gasteiger partial charge is 0.289 e. The Morgan fingerprint density at radius 3 is 2.65 bits per heavy atom. The summed E-state index contributed by atoms with van der Waals surface area (Å²) in [6, 6.07) is 3.64.